The maximum absolute atomic E-state index is 10.8. The number of aliphatic hydroxyl groups excluding tert-OH is 2. The first-order valence-corrected chi connectivity index (χ1v) is 4.80. The summed E-state index contributed by atoms with van der Waals surface area (Å²) in [5.41, 5.74) is 0. The van der Waals surface area contributed by atoms with Crippen LogP contribution in [0.25, 0.3) is 0 Å². The highest BCUT2D eigenvalue weighted by atomic mass is 16.6. The fourth-order valence-electron chi connectivity index (χ4n) is 1.49. The molecule has 0 saturated heterocycles. The molecule has 0 amide bonds. The van der Waals surface area contributed by atoms with E-state index in [9.17, 15) is 19.8 Å². The first-order valence-electron chi connectivity index (χ1n) is 4.80. The van der Waals surface area contributed by atoms with E-state index < -0.39 is 36.4 Å². The van der Waals surface area contributed by atoms with Gasteiger partial charge in [-0.25, -0.2) is 0 Å². The Hall–Kier alpha value is -1.40. The van der Waals surface area contributed by atoms with Crippen molar-refractivity contribution in [2.75, 3.05) is 0 Å². The molecule has 2 N–H and O–H groups in total. The summed E-state index contributed by atoms with van der Waals surface area (Å²) in [6, 6.07) is 0. The predicted molar refractivity (Wildman–Crippen MR) is 52.3 cm³/mol. The minimum atomic E-state index is -1.10. The third-order valence-corrected chi connectivity index (χ3v) is 2.11. The van der Waals surface area contributed by atoms with Crippen LogP contribution in [-0.2, 0) is 19.1 Å². The fourth-order valence-corrected chi connectivity index (χ4v) is 1.49. The van der Waals surface area contributed by atoms with E-state index in [-0.39, 0.29) is 0 Å². The summed E-state index contributed by atoms with van der Waals surface area (Å²) < 4.78 is 9.62. The van der Waals surface area contributed by atoms with Gasteiger partial charge in [-0.3, -0.25) is 9.59 Å². The lowest BCUT2D eigenvalue weighted by atomic mass is 9.96. The molecule has 0 fully saturated rings. The van der Waals surface area contributed by atoms with Crippen LogP contribution >= 0.6 is 0 Å². The number of rotatable bonds is 2. The Labute approximate surface area is 92.5 Å². The highest BCUT2D eigenvalue weighted by Gasteiger charge is 2.39. The molecule has 0 unspecified atom stereocenters. The Balaban J connectivity index is 2.83. The molecule has 0 spiro atoms. The van der Waals surface area contributed by atoms with Crippen LogP contribution in [0.2, 0.25) is 0 Å². The van der Waals surface area contributed by atoms with Crippen LogP contribution in [-0.4, -0.2) is 46.6 Å². The summed E-state index contributed by atoms with van der Waals surface area (Å²) in [7, 11) is 0. The molecule has 16 heavy (non-hydrogen) atoms. The molecule has 0 aromatic rings. The van der Waals surface area contributed by atoms with Crippen LogP contribution in [0.15, 0.2) is 12.2 Å². The molecule has 6 nitrogen and oxygen atoms in total. The van der Waals surface area contributed by atoms with Gasteiger partial charge in [-0.2, -0.15) is 0 Å². The second kappa shape index (κ2) is 5.09. The highest BCUT2D eigenvalue weighted by molar-refractivity contribution is 5.67. The molecule has 0 saturated carbocycles. The number of ether oxygens (including phenoxy) is 2. The molecule has 0 aliphatic heterocycles. The molecule has 1 aliphatic carbocycles. The molecule has 1 aliphatic rings. The number of aliphatic hydroxyl groups is 2. The zero-order valence-electron chi connectivity index (χ0n) is 8.99. The molecule has 4 atom stereocenters. The zero-order valence-corrected chi connectivity index (χ0v) is 8.99. The van der Waals surface area contributed by atoms with Gasteiger partial charge in [-0.05, 0) is 0 Å². The zero-order chi connectivity index (χ0) is 12.3. The minimum absolute atomic E-state index is 0.622. The van der Waals surface area contributed by atoms with Crippen LogP contribution in [0.5, 0.6) is 0 Å². The van der Waals surface area contributed by atoms with Gasteiger partial charge in [0.2, 0.25) is 0 Å². The first-order chi connectivity index (χ1) is 7.41. The molecule has 0 heterocycles. The van der Waals surface area contributed by atoms with Gasteiger partial charge in [0.05, 0.1) is 0 Å². The van der Waals surface area contributed by atoms with Crippen molar-refractivity contribution in [3.8, 4) is 0 Å². The summed E-state index contributed by atoms with van der Waals surface area (Å²) >= 11 is 0. The van der Waals surface area contributed by atoms with Gasteiger partial charge in [0, 0.05) is 13.8 Å². The fraction of sp³-hybridized carbons (Fsp3) is 0.600. The first kappa shape index (κ1) is 12.7. The van der Waals surface area contributed by atoms with Gasteiger partial charge in [0.25, 0.3) is 0 Å². The van der Waals surface area contributed by atoms with Crippen molar-refractivity contribution in [2.45, 2.75) is 38.3 Å². The molecule has 0 aromatic carbocycles. The summed E-state index contributed by atoms with van der Waals surface area (Å²) in [4.78, 5) is 21.6. The minimum Gasteiger partial charge on any atom is -0.455 e. The molecular weight excluding hydrogens is 216 g/mol. The van der Waals surface area contributed by atoms with Gasteiger partial charge < -0.3 is 19.7 Å². The van der Waals surface area contributed by atoms with Crippen LogP contribution in [0.4, 0.5) is 0 Å². The SMILES string of the molecule is CC(=O)O[C@@H]1[C@@H](OC(C)=O)[C@H](O)C=C[C@H]1O. The average molecular weight is 230 g/mol. The Morgan fingerprint density at radius 3 is 1.50 bits per heavy atom. The average Bonchev–Trinajstić information content (AvgIpc) is 2.16. The maximum atomic E-state index is 10.8. The Bertz CT molecular complexity index is 280. The van der Waals surface area contributed by atoms with E-state index >= 15 is 0 Å². The van der Waals surface area contributed by atoms with Gasteiger partial charge in [-0.1, -0.05) is 12.2 Å². The van der Waals surface area contributed by atoms with E-state index in [1.807, 2.05) is 0 Å². The number of carbonyl (C=O) groups is 2. The predicted octanol–water partition coefficient (Wildman–Crippen LogP) is -0.859. The van der Waals surface area contributed by atoms with E-state index in [1.54, 1.807) is 0 Å². The van der Waals surface area contributed by atoms with E-state index in [1.165, 1.54) is 26.0 Å². The van der Waals surface area contributed by atoms with Crippen molar-refractivity contribution in [3.63, 3.8) is 0 Å². The van der Waals surface area contributed by atoms with Gasteiger partial charge in [0.1, 0.15) is 12.2 Å². The monoisotopic (exact) mass is 230 g/mol. The molecule has 6 heteroatoms. The largest absolute Gasteiger partial charge is 0.455 e. The van der Waals surface area contributed by atoms with Gasteiger partial charge >= 0.3 is 11.9 Å². The second-order valence-electron chi connectivity index (χ2n) is 3.51. The molecule has 1 rings (SSSR count). The van der Waals surface area contributed by atoms with Crippen molar-refractivity contribution in [1.29, 1.82) is 0 Å². The number of esters is 2. The Kier molecular flexibility index (Phi) is 4.03. The summed E-state index contributed by atoms with van der Waals surface area (Å²) in [6.45, 7) is 2.34. The van der Waals surface area contributed by atoms with E-state index in [4.69, 9.17) is 9.47 Å². The quantitative estimate of drug-likeness (QED) is 0.473. The Morgan fingerprint density at radius 1 is 0.938 bits per heavy atom. The van der Waals surface area contributed by atoms with Crippen LogP contribution in [0.3, 0.4) is 0 Å². The lowest BCUT2D eigenvalue weighted by Gasteiger charge is -2.33. The number of hydrogen-bond donors (Lipinski definition) is 2. The summed E-state index contributed by atoms with van der Waals surface area (Å²) in [6.07, 6.45) is -1.78. The van der Waals surface area contributed by atoms with E-state index in [2.05, 4.69) is 0 Å². The standard InChI is InChI=1S/C10H14O6/c1-5(11)15-9-7(13)3-4-8(14)10(9)16-6(2)12/h3-4,7-10,13-14H,1-2H3/t7-,8-,9+,10+/m1/s1. The van der Waals surface area contributed by atoms with Crippen molar-refractivity contribution < 1.29 is 29.3 Å². The van der Waals surface area contributed by atoms with Gasteiger partial charge in [0.15, 0.2) is 12.2 Å². The van der Waals surface area contributed by atoms with E-state index in [0.717, 1.165) is 0 Å². The number of carbonyl (C=O) groups excluding carboxylic acids is 2. The number of hydrogen-bond acceptors (Lipinski definition) is 6. The highest BCUT2D eigenvalue weighted by Crippen LogP contribution is 2.20. The van der Waals surface area contributed by atoms with E-state index in [0.29, 0.717) is 0 Å². The van der Waals surface area contributed by atoms with Crippen molar-refractivity contribution in [3.05, 3.63) is 12.2 Å². The Morgan fingerprint density at radius 2 is 1.25 bits per heavy atom. The maximum Gasteiger partial charge on any atom is 0.303 e. The van der Waals surface area contributed by atoms with Crippen LogP contribution in [0.1, 0.15) is 13.8 Å². The lowest BCUT2D eigenvalue weighted by Crippen LogP contribution is -2.50. The summed E-state index contributed by atoms with van der Waals surface area (Å²) in [5.74, 6) is -1.24. The van der Waals surface area contributed by atoms with Crippen molar-refractivity contribution >= 4 is 11.9 Å². The normalized spacial score (nSPS) is 33.2. The van der Waals surface area contributed by atoms with Crippen LogP contribution < -0.4 is 0 Å². The van der Waals surface area contributed by atoms with Gasteiger partial charge in [-0.15, -0.1) is 0 Å². The molecule has 0 aromatic heterocycles. The molecule has 0 radical (unpaired) electrons. The van der Waals surface area contributed by atoms with Crippen LogP contribution in [0, 0.1) is 0 Å². The smallest absolute Gasteiger partial charge is 0.303 e. The lowest BCUT2D eigenvalue weighted by molar-refractivity contribution is -0.181. The third-order valence-electron chi connectivity index (χ3n) is 2.11. The van der Waals surface area contributed by atoms with Crippen molar-refractivity contribution in [2.24, 2.45) is 0 Å². The topological polar surface area (TPSA) is 93.1 Å². The molecule has 0 bridgehead atoms. The van der Waals surface area contributed by atoms with Crippen molar-refractivity contribution in [1.82, 2.24) is 0 Å². The third kappa shape index (κ3) is 3.04. The summed E-state index contributed by atoms with van der Waals surface area (Å²) in [5, 5.41) is 19.1. The molecular formula is C10H14O6. The molecule has 90 valence electrons. The second-order valence-corrected chi connectivity index (χ2v) is 3.51.